The van der Waals surface area contributed by atoms with Gasteiger partial charge in [-0.05, 0) is 38.4 Å². The number of nitrogens with one attached hydrogen (secondary N) is 2. The topological polar surface area (TPSA) is 65.7 Å². The normalized spacial score (nSPS) is 29.7. The lowest BCUT2D eigenvalue weighted by Crippen LogP contribution is -2.51. The van der Waals surface area contributed by atoms with E-state index in [2.05, 4.69) is 34.5 Å². The molecule has 5 heteroatoms. The van der Waals surface area contributed by atoms with Crippen LogP contribution in [0.5, 0.6) is 0 Å². The van der Waals surface area contributed by atoms with Gasteiger partial charge in [-0.15, -0.1) is 0 Å². The molecule has 1 saturated heterocycles. The van der Waals surface area contributed by atoms with Crippen LogP contribution in [0.15, 0.2) is 17.3 Å². The second-order valence-electron chi connectivity index (χ2n) is 4.85. The number of nitrogens with zero attached hydrogens (tertiary/aromatic N) is 2. The smallest absolute Gasteiger partial charge is 0.200 e. The molecule has 2 aliphatic heterocycles. The van der Waals surface area contributed by atoms with Gasteiger partial charge in [0.15, 0.2) is 5.96 Å². The Balaban J connectivity index is 2.06. The monoisotopic (exact) mass is 237 g/mol. The van der Waals surface area contributed by atoms with Crippen molar-refractivity contribution in [3.05, 3.63) is 12.3 Å². The van der Waals surface area contributed by atoms with Gasteiger partial charge >= 0.3 is 0 Å². The number of aliphatic imine (C=N–C) groups is 1. The largest absolute Gasteiger partial charge is 0.343 e. The van der Waals surface area contributed by atoms with Gasteiger partial charge in [0, 0.05) is 19.3 Å². The van der Waals surface area contributed by atoms with E-state index in [1.807, 2.05) is 12.3 Å². The number of piperidine rings is 1. The summed E-state index contributed by atoms with van der Waals surface area (Å²) in [4.78, 5) is 6.83. The number of hydrogen-bond acceptors (Lipinski definition) is 5. The standard InChI is InChI=1S/C12H23N5/c1-3-12(13)6-9-15-11(16-12)17(2)10-4-7-14-8-5-10/h6,9-10,14H,3-5,7-8,13H2,1-2H3,(H,15,16). The van der Waals surface area contributed by atoms with Crippen molar-refractivity contribution in [1.82, 2.24) is 15.5 Å². The Morgan fingerprint density at radius 3 is 2.88 bits per heavy atom. The third-order valence-electron chi connectivity index (χ3n) is 3.66. The van der Waals surface area contributed by atoms with Crippen molar-refractivity contribution in [2.24, 2.45) is 10.7 Å². The summed E-state index contributed by atoms with van der Waals surface area (Å²) in [5, 5.41) is 6.57. The first-order valence-corrected chi connectivity index (χ1v) is 6.41. The van der Waals surface area contributed by atoms with Gasteiger partial charge in [-0.1, -0.05) is 6.92 Å². The lowest BCUT2D eigenvalue weighted by molar-refractivity contribution is 0.280. The summed E-state index contributed by atoms with van der Waals surface area (Å²) in [6, 6.07) is 0.551. The van der Waals surface area contributed by atoms with E-state index in [0.717, 1.165) is 38.3 Å². The van der Waals surface area contributed by atoms with Crippen LogP contribution in [0.3, 0.4) is 0 Å². The van der Waals surface area contributed by atoms with Gasteiger partial charge in [0.05, 0.1) is 0 Å². The highest BCUT2D eigenvalue weighted by Crippen LogP contribution is 2.16. The van der Waals surface area contributed by atoms with Crippen LogP contribution in [0.4, 0.5) is 0 Å². The van der Waals surface area contributed by atoms with E-state index in [0.29, 0.717) is 6.04 Å². The average molecular weight is 237 g/mol. The summed E-state index contributed by atoms with van der Waals surface area (Å²) in [7, 11) is 2.09. The molecule has 0 radical (unpaired) electrons. The van der Waals surface area contributed by atoms with Crippen molar-refractivity contribution in [3.63, 3.8) is 0 Å². The van der Waals surface area contributed by atoms with E-state index in [9.17, 15) is 0 Å². The van der Waals surface area contributed by atoms with Crippen LogP contribution in [0, 0.1) is 0 Å². The fraction of sp³-hybridized carbons (Fsp3) is 0.750. The highest BCUT2D eigenvalue weighted by atomic mass is 15.3. The molecule has 5 nitrogen and oxygen atoms in total. The van der Waals surface area contributed by atoms with Crippen LogP contribution in [-0.2, 0) is 0 Å². The second kappa shape index (κ2) is 5.06. The number of rotatable bonds is 2. The molecule has 0 aromatic rings. The minimum absolute atomic E-state index is 0.540. The maximum absolute atomic E-state index is 6.16. The first-order chi connectivity index (χ1) is 8.14. The van der Waals surface area contributed by atoms with Gasteiger partial charge in [0.25, 0.3) is 0 Å². The fourth-order valence-corrected chi connectivity index (χ4v) is 2.27. The molecule has 17 heavy (non-hydrogen) atoms. The molecule has 1 fully saturated rings. The number of guanidine groups is 1. The molecule has 0 amide bonds. The molecular formula is C12H23N5. The van der Waals surface area contributed by atoms with Crippen molar-refractivity contribution in [1.29, 1.82) is 0 Å². The third-order valence-corrected chi connectivity index (χ3v) is 3.66. The van der Waals surface area contributed by atoms with Gasteiger partial charge < -0.3 is 21.3 Å². The van der Waals surface area contributed by atoms with Crippen molar-refractivity contribution in [2.45, 2.75) is 37.9 Å². The molecule has 0 aliphatic carbocycles. The molecule has 0 aromatic heterocycles. The maximum Gasteiger partial charge on any atom is 0.200 e. The Morgan fingerprint density at radius 2 is 2.24 bits per heavy atom. The van der Waals surface area contributed by atoms with Gasteiger partial charge in [0.2, 0.25) is 0 Å². The molecule has 2 heterocycles. The minimum Gasteiger partial charge on any atom is -0.343 e. The Bertz CT molecular complexity index is 319. The van der Waals surface area contributed by atoms with Crippen LogP contribution in [0.25, 0.3) is 0 Å². The van der Waals surface area contributed by atoms with Gasteiger partial charge in [-0.2, -0.15) is 0 Å². The van der Waals surface area contributed by atoms with Crippen LogP contribution in [0.2, 0.25) is 0 Å². The lowest BCUT2D eigenvalue weighted by Gasteiger charge is -2.36. The Kier molecular flexibility index (Phi) is 3.69. The van der Waals surface area contributed by atoms with Crippen molar-refractivity contribution >= 4 is 5.96 Å². The zero-order chi connectivity index (χ0) is 12.3. The molecule has 2 rings (SSSR count). The first kappa shape index (κ1) is 12.4. The number of hydrogen-bond donors (Lipinski definition) is 3. The third kappa shape index (κ3) is 2.79. The molecule has 0 spiro atoms. The van der Waals surface area contributed by atoms with E-state index < -0.39 is 5.66 Å². The Hall–Kier alpha value is -1.07. The average Bonchev–Trinajstić information content (AvgIpc) is 2.39. The molecule has 4 N–H and O–H groups in total. The zero-order valence-electron chi connectivity index (χ0n) is 10.7. The van der Waals surface area contributed by atoms with Gasteiger partial charge in [-0.25, -0.2) is 4.99 Å². The molecule has 2 aliphatic rings. The van der Waals surface area contributed by atoms with E-state index in [1.54, 1.807) is 0 Å². The molecule has 96 valence electrons. The number of nitrogens with two attached hydrogens (primary N) is 1. The summed E-state index contributed by atoms with van der Waals surface area (Å²) >= 11 is 0. The van der Waals surface area contributed by atoms with Crippen molar-refractivity contribution in [2.75, 3.05) is 20.1 Å². The lowest BCUT2D eigenvalue weighted by atomic mass is 10.1. The predicted octanol–water partition coefficient (Wildman–Crippen LogP) is 0.208. The van der Waals surface area contributed by atoms with E-state index in [1.165, 1.54) is 0 Å². The van der Waals surface area contributed by atoms with Crippen molar-refractivity contribution in [3.8, 4) is 0 Å². The van der Waals surface area contributed by atoms with Crippen LogP contribution < -0.4 is 16.4 Å². The van der Waals surface area contributed by atoms with Gasteiger partial charge in [-0.3, -0.25) is 0 Å². The maximum atomic E-state index is 6.16. The summed E-state index contributed by atoms with van der Waals surface area (Å²) in [5.74, 6) is 0.892. The van der Waals surface area contributed by atoms with Crippen molar-refractivity contribution < 1.29 is 0 Å². The van der Waals surface area contributed by atoms with Gasteiger partial charge in [0.1, 0.15) is 5.66 Å². The van der Waals surface area contributed by atoms with E-state index >= 15 is 0 Å². The van der Waals surface area contributed by atoms with Crippen LogP contribution in [-0.4, -0.2) is 42.7 Å². The fourth-order valence-electron chi connectivity index (χ4n) is 2.27. The van der Waals surface area contributed by atoms with E-state index in [-0.39, 0.29) is 0 Å². The summed E-state index contributed by atoms with van der Waals surface area (Å²) in [6.07, 6.45) is 6.96. The molecule has 0 bridgehead atoms. The summed E-state index contributed by atoms with van der Waals surface area (Å²) in [6.45, 7) is 4.22. The minimum atomic E-state index is -0.540. The molecule has 0 saturated carbocycles. The predicted molar refractivity (Wildman–Crippen MR) is 70.6 cm³/mol. The van der Waals surface area contributed by atoms with E-state index in [4.69, 9.17) is 5.73 Å². The Morgan fingerprint density at radius 1 is 1.53 bits per heavy atom. The Labute approximate surface area is 103 Å². The zero-order valence-corrected chi connectivity index (χ0v) is 10.7. The second-order valence-corrected chi connectivity index (χ2v) is 4.85. The molecule has 1 atom stereocenters. The van der Waals surface area contributed by atoms with Crippen LogP contribution >= 0.6 is 0 Å². The molecular weight excluding hydrogens is 214 g/mol. The first-order valence-electron chi connectivity index (χ1n) is 6.41. The van der Waals surface area contributed by atoms with Crippen LogP contribution in [0.1, 0.15) is 26.2 Å². The summed E-state index contributed by atoms with van der Waals surface area (Å²) < 4.78 is 0. The SMILES string of the molecule is CCC1(N)C=CNC(N(C)C2CCNCC2)=N1. The molecule has 0 aromatic carbocycles. The quantitative estimate of drug-likeness (QED) is 0.642. The highest BCUT2D eigenvalue weighted by Gasteiger charge is 2.26. The summed E-state index contributed by atoms with van der Waals surface area (Å²) in [5.41, 5.74) is 5.62. The molecule has 1 unspecified atom stereocenters. The highest BCUT2D eigenvalue weighted by molar-refractivity contribution is 5.82.